The highest BCUT2D eigenvalue weighted by molar-refractivity contribution is 7.52. The number of ether oxygens (including phenoxy) is 2. The lowest BCUT2D eigenvalue weighted by Crippen LogP contribution is -2.43. The topological polar surface area (TPSA) is 158 Å². The Kier molecular flexibility index (Phi) is 6.22. The molecule has 1 aromatic heterocycles. The van der Waals surface area contributed by atoms with Crippen molar-refractivity contribution in [3.05, 3.63) is 63.4 Å². The van der Waals surface area contributed by atoms with Crippen molar-refractivity contribution in [2.24, 2.45) is 0 Å². The largest absolute Gasteiger partial charge is 0.462 e. The number of hydrogen-bond donors (Lipinski definition) is 3. The summed E-state index contributed by atoms with van der Waals surface area (Å²) < 4.78 is 98.6. The standard InChI is InChI=1S/C22H29FN3O9P/c1-13(2)33-19(29)14(3)25-36(31,35-15-8-6-5-7-9-15)32-12-16-18(28)22(4,23)20(34-16)26-11-10-17(27)24-21(26)30/h5-11,13-14,16,18,20,28H,12H2,1-4H3,(H,25,31)(H,24,27,30)/t14-,16+,18+,20+,22+,36-/m0/s1/i4D3,10D,12D2. The van der Waals surface area contributed by atoms with Crippen LogP contribution in [0.4, 0.5) is 4.39 Å². The minimum atomic E-state index is -5.02. The number of carbonyl (C=O) groups is 1. The van der Waals surface area contributed by atoms with Gasteiger partial charge in [0.25, 0.3) is 5.56 Å². The van der Waals surface area contributed by atoms with Gasteiger partial charge in [-0.25, -0.2) is 13.8 Å². The van der Waals surface area contributed by atoms with Crippen LogP contribution < -0.4 is 20.9 Å². The van der Waals surface area contributed by atoms with Gasteiger partial charge in [0.2, 0.25) is 0 Å². The van der Waals surface area contributed by atoms with Crippen molar-refractivity contribution < 1.29 is 45.6 Å². The number of halogens is 1. The van der Waals surface area contributed by atoms with E-state index in [-0.39, 0.29) is 10.3 Å². The zero-order chi connectivity index (χ0) is 31.8. The van der Waals surface area contributed by atoms with Crippen LogP contribution in [0.2, 0.25) is 0 Å². The second-order valence-corrected chi connectivity index (χ2v) is 9.63. The summed E-state index contributed by atoms with van der Waals surface area (Å²) in [7, 11) is -5.02. The average molecular weight is 535 g/mol. The van der Waals surface area contributed by atoms with E-state index in [1.807, 2.05) is 0 Å². The minimum absolute atomic E-state index is 0.135. The fourth-order valence-corrected chi connectivity index (χ4v) is 4.40. The predicted octanol–water partition coefficient (Wildman–Crippen LogP) is 1.66. The Morgan fingerprint density at radius 1 is 1.42 bits per heavy atom. The van der Waals surface area contributed by atoms with Crippen LogP contribution in [0.3, 0.4) is 0 Å². The molecule has 0 radical (unpaired) electrons. The lowest BCUT2D eigenvalue weighted by molar-refractivity contribution is -0.149. The number of hydrogen-bond acceptors (Lipinski definition) is 9. The average Bonchev–Trinajstić information content (AvgIpc) is 3.13. The van der Waals surface area contributed by atoms with Crippen molar-refractivity contribution in [3.63, 3.8) is 0 Å². The van der Waals surface area contributed by atoms with Crippen LogP contribution in [-0.2, 0) is 23.4 Å². The first kappa shape index (κ1) is 20.3. The molecule has 2 aromatic rings. The molecule has 3 N–H and O–H groups in total. The molecule has 2 heterocycles. The van der Waals surface area contributed by atoms with E-state index in [1.165, 1.54) is 31.2 Å². The Bertz CT molecular complexity index is 1460. The monoisotopic (exact) mass is 535 g/mol. The number of nitrogens with one attached hydrogen (secondary N) is 2. The third kappa shape index (κ3) is 6.48. The first-order chi connectivity index (χ1) is 19.2. The second-order valence-electron chi connectivity index (χ2n) is 8.01. The molecule has 0 aliphatic carbocycles. The lowest BCUT2D eigenvalue weighted by atomic mass is 9.98. The summed E-state index contributed by atoms with van der Waals surface area (Å²) in [4.78, 5) is 38.1. The number of para-hydroxylation sites is 1. The van der Waals surface area contributed by atoms with E-state index in [9.17, 15) is 24.1 Å². The van der Waals surface area contributed by atoms with Gasteiger partial charge in [-0.15, -0.1) is 0 Å². The Morgan fingerprint density at radius 2 is 2.11 bits per heavy atom. The Balaban J connectivity index is 2.05. The maximum atomic E-state index is 16.3. The van der Waals surface area contributed by atoms with Crippen molar-refractivity contribution in [1.29, 1.82) is 0 Å². The Labute approximate surface area is 214 Å². The molecule has 0 unspecified atom stereocenters. The molecule has 14 heteroatoms. The molecular formula is C22H29FN3O9P. The van der Waals surface area contributed by atoms with E-state index in [1.54, 1.807) is 24.9 Å². The number of carbonyl (C=O) groups excluding carboxylic acids is 1. The van der Waals surface area contributed by atoms with Crippen molar-refractivity contribution in [2.45, 2.75) is 63.9 Å². The molecule has 198 valence electrons. The number of aliphatic hydroxyl groups is 1. The predicted molar refractivity (Wildman–Crippen MR) is 125 cm³/mol. The summed E-state index contributed by atoms with van der Waals surface area (Å²) in [5, 5.41) is 13.0. The van der Waals surface area contributed by atoms with E-state index in [0.717, 1.165) is 0 Å². The number of esters is 1. The van der Waals surface area contributed by atoms with E-state index in [4.69, 9.17) is 26.7 Å². The fraction of sp³-hybridized carbons (Fsp3) is 0.500. The zero-order valence-electron chi connectivity index (χ0n) is 25.3. The summed E-state index contributed by atoms with van der Waals surface area (Å²) in [5.74, 6) is -1.07. The van der Waals surface area contributed by atoms with Gasteiger partial charge in [0.05, 0.1) is 16.8 Å². The molecule has 0 bridgehead atoms. The van der Waals surface area contributed by atoms with Crippen LogP contribution in [-0.4, -0.2) is 57.2 Å². The highest BCUT2D eigenvalue weighted by atomic mass is 31.2. The number of alkyl halides is 1. The molecule has 1 saturated heterocycles. The maximum absolute atomic E-state index is 16.3. The molecule has 36 heavy (non-hydrogen) atoms. The molecule has 6 atom stereocenters. The van der Waals surface area contributed by atoms with Gasteiger partial charge in [-0.3, -0.25) is 23.7 Å². The van der Waals surface area contributed by atoms with Gasteiger partial charge in [0, 0.05) is 16.4 Å². The third-order valence-corrected chi connectivity index (χ3v) is 6.21. The van der Waals surface area contributed by atoms with E-state index < -0.39 is 80.7 Å². The van der Waals surface area contributed by atoms with Gasteiger partial charge >= 0.3 is 19.4 Å². The minimum Gasteiger partial charge on any atom is -0.462 e. The van der Waals surface area contributed by atoms with Crippen LogP contribution in [0, 0.1) is 0 Å². The summed E-state index contributed by atoms with van der Waals surface area (Å²) in [6.45, 7) is -3.05. The molecule has 12 nitrogen and oxygen atoms in total. The van der Waals surface area contributed by atoms with Crippen LogP contribution in [0.15, 0.2) is 52.2 Å². The number of rotatable bonds is 10. The van der Waals surface area contributed by atoms with E-state index in [2.05, 4.69) is 5.09 Å². The van der Waals surface area contributed by atoms with Crippen LogP contribution in [0.1, 0.15) is 42.1 Å². The van der Waals surface area contributed by atoms with Gasteiger partial charge in [0.15, 0.2) is 11.9 Å². The van der Waals surface area contributed by atoms with Gasteiger partial charge in [0.1, 0.15) is 24.0 Å². The number of nitrogens with zero attached hydrogens (tertiary/aromatic N) is 1. The Morgan fingerprint density at radius 3 is 2.75 bits per heavy atom. The lowest BCUT2D eigenvalue weighted by Gasteiger charge is -2.25. The molecule has 3 rings (SSSR count). The molecule has 1 aliphatic heterocycles. The highest BCUT2D eigenvalue weighted by Crippen LogP contribution is 2.47. The van der Waals surface area contributed by atoms with Gasteiger partial charge in [-0.1, -0.05) is 18.2 Å². The number of aliphatic hydroxyl groups excluding tert-OH is 1. The third-order valence-electron chi connectivity index (χ3n) is 4.71. The normalized spacial score (nSPS) is 29.6. The second kappa shape index (κ2) is 11.1. The maximum Gasteiger partial charge on any atom is 0.459 e. The van der Waals surface area contributed by atoms with Crippen LogP contribution in [0.25, 0.3) is 0 Å². The number of benzene rings is 1. The molecular weight excluding hydrogens is 500 g/mol. The zero-order valence-corrected chi connectivity index (χ0v) is 20.2. The van der Waals surface area contributed by atoms with Gasteiger partial charge < -0.3 is 19.1 Å². The van der Waals surface area contributed by atoms with Gasteiger partial charge in [-0.05, 0) is 39.8 Å². The summed E-state index contributed by atoms with van der Waals surface area (Å²) in [5.41, 5.74) is -6.55. The first-order valence-corrected chi connectivity index (χ1v) is 12.1. The number of H-pyrrole nitrogens is 1. The summed E-state index contributed by atoms with van der Waals surface area (Å²) in [6.07, 6.45) is -8.27. The van der Waals surface area contributed by atoms with Crippen molar-refractivity contribution in [2.75, 3.05) is 6.56 Å². The van der Waals surface area contributed by atoms with Gasteiger partial charge in [-0.2, -0.15) is 5.09 Å². The van der Waals surface area contributed by atoms with E-state index in [0.29, 0.717) is 6.20 Å². The number of aromatic amines is 1. The van der Waals surface area contributed by atoms with Crippen molar-refractivity contribution >= 4 is 13.7 Å². The summed E-state index contributed by atoms with van der Waals surface area (Å²) in [6, 6.07) is 4.79. The smallest absolute Gasteiger partial charge is 0.459 e. The summed E-state index contributed by atoms with van der Waals surface area (Å²) >= 11 is 0. The van der Waals surface area contributed by atoms with Crippen LogP contribution >= 0.6 is 7.75 Å². The van der Waals surface area contributed by atoms with Crippen LogP contribution in [0.5, 0.6) is 5.75 Å². The van der Waals surface area contributed by atoms with Crippen molar-refractivity contribution in [1.82, 2.24) is 14.6 Å². The first-order valence-electron chi connectivity index (χ1n) is 13.6. The quantitative estimate of drug-likeness (QED) is 0.302. The van der Waals surface area contributed by atoms with Crippen molar-refractivity contribution in [3.8, 4) is 5.75 Å². The Hall–Kier alpha value is -2.83. The molecule has 1 fully saturated rings. The molecule has 1 aromatic carbocycles. The fourth-order valence-electron chi connectivity index (χ4n) is 3.03. The highest BCUT2D eigenvalue weighted by Gasteiger charge is 2.55. The molecule has 0 amide bonds. The SMILES string of the molecule is [2H]c1cn([C@@H]2O[C@H](C([2H])([2H])O[P@@](=O)(N[C@@H](C)C(=O)OC(C)C)Oc3ccccc3)[C@@H](O)[C@]2(F)C([2H])([2H])[2H])c(=O)[nH]c1=O. The molecule has 0 spiro atoms. The molecule has 1 aliphatic rings. The number of aromatic nitrogens is 2. The molecule has 0 saturated carbocycles. The van der Waals surface area contributed by atoms with E-state index >= 15 is 4.39 Å².